The Labute approximate surface area is 204 Å². The predicted molar refractivity (Wildman–Crippen MR) is 128 cm³/mol. The van der Waals surface area contributed by atoms with Crippen LogP contribution < -0.4 is 16.0 Å². The lowest BCUT2D eigenvalue weighted by Crippen LogP contribution is -2.53. The average molecular weight is 505 g/mol. The van der Waals surface area contributed by atoms with Crippen molar-refractivity contribution in [3.8, 4) is 0 Å². The molecule has 1 atom stereocenters. The molecule has 11 heteroatoms. The number of nitrogens with zero attached hydrogens (tertiary/aromatic N) is 1. The third-order valence-corrected chi connectivity index (χ3v) is 7.57. The Bertz CT molecular complexity index is 1160. The van der Waals surface area contributed by atoms with Crippen molar-refractivity contribution in [2.24, 2.45) is 0 Å². The van der Waals surface area contributed by atoms with Gasteiger partial charge in [0.2, 0.25) is 27.7 Å². The van der Waals surface area contributed by atoms with E-state index in [0.29, 0.717) is 24.1 Å². The van der Waals surface area contributed by atoms with Gasteiger partial charge in [-0.3, -0.25) is 14.4 Å². The minimum Gasteiger partial charge on any atom is -0.351 e. The molecule has 1 saturated heterocycles. The number of benzene rings is 2. The van der Waals surface area contributed by atoms with Crippen LogP contribution >= 0.6 is 0 Å². The summed E-state index contributed by atoms with van der Waals surface area (Å²) in [7, 11) is -3.72. The van der Waals surface area contributed by atoms with Crippen molar-refractivity contribution >= 4 is 33.4 Å². The summed E-state index contributed by atoms with van der Waals surface area (Å²) >= 11 is 0. The van der Waals surface area contributed by atoms with Gasteiger partial charge >= 0.3 is 0 Å². The second-order valence-electron chi connectivity index (χ2n) is 8.48. The van der Waals surface area contributed by atoms with Gasteiger partial charge in [0.15, 0.2) is 0 Å². The lowest BCUT2D eigenvalue weighted by Gasteiger charge is -2.32. The number of sulfonamides is 1. The maximum atomic E-state index is 13.2. The second kappa shape index (κ2) is 11.4. The van der Waals surface area contributed by atoms with Gasteiger partial charge in [-0.05, 0) is 54.8 Å². The van der Waals surface area contributed by atoms with Gasteiger partial charge in [-0.2, -0.15) is 4.31 Å². The third-order valence-electron chi connectivity index (χ3n) is 5.66. The number of rotatable bonds is 8. The van der Waals surface area contributed by atoms with Crippen molar-refractivity contribution in [1.29, 1.82) is 0 Å². The molecule has 0 spiro atoms. The van der Waals surface area contributed by atoms with Crippen LogP contribution in [-0.4, -0.2) is 55.6 Å². The number of amides is 3. The molecule has 0 bridgehead atoms. The fourth-order valence-electron chi connectivity index (χ4n) is 3.92. The first-order valence-corrected chi connectivity index (χ1v) is 12.7. The van der Waals surface area contributed by atoms with Crippen molar-refractivity contribution in [2.45, 2.75) is 50.1 Å². The standard InChI is InChI=1S/C24H29FN4O5S/c1-16(30)26-20-7-9-22(10-8-20)35(33,34)29-13-11-21(12-14-29)28-24(32)23(27-17(2)31)15-18-3-5-19(25)6-4-18/h3-10,21,23H,11-15H2,1-2H3,(H,26,30)(H,27,31)(H,28,32)/t23-/m0/s1. The highest BCUT2D eigenvalue weighted by Gasteiger charge is 2.31. The molecule has 0 radical (unpaired) electrons. The molecule has 1 fully saturated rings. The van der Waals surface area contributed by atoms with E-state index in [2.05, 4.69) is 16.0 Å². The van der Waals surface area contributed by atoms with Crippen molar-refractivity contribution < 1.29 is 27.2 Å². The van der Waals surface area contributed by atoms with Crippen molar-refractivity contribution in [2.75, 3.05) is 18.4 Å². The number of nitrogens with one attached hydrogen (secondary N) is 3. The maximum Gasteiger partial charge on any atom is 0.243 e. The van der Waals surface area contributed by atoms with Crippen LogP contribution in [0, 0.1) is 5.82 Å². The molecular weight excluding hydrogens is 475 g/mol. The maximum absolute atomic E-state index is 13.2. The van der Waals surface area contributed by atoms with E-state index < -0.39 is 16.1 Å². The van der Waals surface area contributed by atoms with Crippen LogP contribution in [0.15, 0.2) is 53.4 Å². The Hall–Kier alpha value is -3.31. The van der Waals surface area contributed by atoms with Gasteiger partial charge in [0, 0.05) is 45.1 Å². The Morgan fingerprint density at radius 2 is 1.57 bits per heavy atom. The highest BCUT2D eigenvalue weighted by Crippen LogP contribution is 2.22. The highest BCUT2D eigenvalue weighted by molar-refractivity contribution is 7.89. The quantitative estimate of drug-likeness (QED) is 0.506. The lowest BCUT2D eigenvalue weighted by molar-refractivity contribution is -0.128. The van der Waals surface area contributed by atoms with Crippen LogP contribution in [0.2, 0.25) is 0 Å². The van der Waals surface area contributed by atoms with Crippen LogP contribution in [0.1, 0.15) is 32.3 Å². The SMILES string of the molecule is CC(=O)Nc1ccc(S(=O)(=O)N2CCC(NC(=O)[C@H](Cc3ccc(F)cc3)NC(C)=O)CC2)cc1. The summed E-state index contributed by atoms with van der Waals surface area (Å²) in [4.78, 5) is 35.7. The van der Waals surface area contributed by atoms with E-state index in [1.165, 1.54) is 54.6 Å². The van der Waals surface area contributed by atoms with E-state index in [1.54, 1.807) is 12.1 Å². The van der Waals surface area contributed by atoms with Crippen LogP contribution in [0.3, 0.4) is 0 Å². The molecule has 2 aromatic rings. The molecule has 188 valence electrons. The molecule has 3 rings (SSSR count). The zero-order valence-corrected chi connectivity index (χ0v) is 20.4. The average Bonchev–Trinajstić information content (AvgIpc) is 2.80. The number of halogens is 1. The largest absolute Gasteiger partial charge is 0.351 e. The van der Waals surface area contributed by atoms with Gasteiger partial charge in [-0.25, -0.2) is 12.8 Å². The lowest BCUT2D eigenvalue weighted by atomic mass is 10.0. The van der Waals surface area contributed by atoms with E-state index >= 15 is 0 Å². The number of hydrogen-bond donors (Lipinski definition) is 3. The minimum atomic E-state index is -3.72. The topological polar surface area (TPSA) is 125 Å². The molecule has 3 N–H and O–H groups in total. The molecule has 1 heterocycles. The third kappa shape index (κ3) is 7.33. The summed E-state index contributed by atoms with van der Waals surface area (Å²) in [6.07, 6.45) is 1.03. The summed E-state index contributed by atoms with van der Waals surface area (Å²) in [6.45, 7) is 3.14. The highest BCUT2D eigenvalue weighted by atomic mass is 32.2. The molecule has 1 aliphatic heterocycles. The molecular formula is C24H29FN4O5S. The van der Waals surface area contributed by atoms with Crippen LogP contribution in [0.5, 0.6) is 0 Å². The Balaban J connectivity index is 1.58. The predicted octanol–water partition coefficient (Wildman–Crippen LogP) is 1.80. The van der Waals surface area contributed by atoms with E-state index in [1.807, 2.05) is 0 Å². The summed E-state index contributed by atoms with van der Waals surface area (Å²) in [5, 5.41) is 8.12. The van der Waals surface area contributed by atoms with E-state index in [4.69, 9.17) is 0 Å². The molecule has 0 unspecified atom stereocenters. The summed E-state index contributed by atoms with van der Waals surface area (Å²) < 4.78 is 40.5. The van der Waals surface area contributed by atoms with Gasteiger partial charge in [-0.15, -0.1) is 0 Å². The van der Waals surface area contributed by atoms with E-state index in [0.717, 1.165) is 0 Å². The van der Waals surface area contributed by atoms with Gasteiger partial charge in [0.25, 0.3) is 0 Å². The van der Waals surface area contributed by atoms with Gasteiger partial charge in [0.05, 0.1) is 4.90 Å². The fourth-order valence-corrected chi connectivity index (χ4v) is 5.39. The van der Waals surface area contributed by atoms with E-state index in [-0.39, 0.29) is 54.0 Å². The van der Waals surface area contributed by atoms with Crippen molar-refractivity contribution in [3.05, 3.63) is 59.9 Å². The smallest absolute Gasteiger partial charge is 0.243 e. The number of carbonyl (C=O) groups is 3. The van der Waals surface area contributed by atoms with Crippen molar-refractivity contribution in [1.82, 2.24) is 14.9 Å². The van der Waals surface area contributed by atoms with Gasteiger partial charge in [0.1, 0.15) is 11.9 Å². The molecule has 35 heavy (non-hydrogen) atoms. The Kier molecular flexibility index (Phi) is 8.57. The van der Waals surface area contributed by atoms with Crippen LogP contribution in [-0.2, 0) is 30.8 Å². The first kappa shape index (κ1) is 26.3. The number of hydrogen-bond acceptors (Lipinski definition) is 5. The minimum absolute atomic E-state index is 0.124. The Morgan fingerprint density at radius 1 is 0.971 bits per heavy atom. The monoisotopic (exact) mass is 504 g/mol. The van der Waals surface area contributed by atoms with Gasteiger partial charge < -0.3 is 16.0 Å². The summed E-state index contributed by atoms with van der Waals surface area (Å²) in [6, 6.07) is 10.6. The molecule has 2 aromatic carbocycles. The van der Waals surface area contributed by atoms with Gasteiger partial charge in [-0.1, -0.05) is 12.1 Å². The molecule has 3 amide bonds. The first-order chi connectivity index (χ1) is 16.5. The molecule has 0 saturated carbocycles. The van der Waals surface area contributed by atoms with E-state index in [9.17, 15) is 27.2 Å². The number of carbonyl (C=O) groups excluding carboxylic acids is 3. The molecule has 9 nitrogen and oxygen atoms in total. The second-order valence-corrected chi connectivity index (χ2v) is 10.4. The zero-order chi connectivity index (χ0) is 25.6. The zero-order valence-electron chi connectivity index (χ0n) is 19.6. The molecule has 1 aliphatic rings. The fraction of sp³-hybridized carbons (Fsp3) is 0.375. The number of anilines is 1. The van der Waals surface area contributed by atoms with Crippen molar-refractivity contribution in [3.63, 3.8) is 0 Å². The van der Waals surface area contributed by atoms with Crippen LogP contribution in [0.25, 0.3) is 0 Å². The number of piperidine rings is 1. The summed E-state index contributed by atoms with van der Waals surface area (Å²) in [5.74, 6) is -1.38. The normalized spacial score (nSPS) is 15.7. The Morgan fingerprint density at radius 3 is 2.11 bits per heavy atom. The summed E-state index contributed by atoms with van der Waals surface area (Å²) in [5.41, 5.74) is 1.21. The first-order valence-electron chi connectivity index (χ1n) is 11.2. The van der Waals surface area contributed by atoms with Crippen LogP contribution in [0.4, 0.5) is 10.1 Å². The molecule has 0 aliphatic carbocycles. The molecule has 0 aromatic heterocycles.